The predicted molar refractivity (Wildman–Crippen MR) is 68.4 cm³/mol. The minimum absolute atomic E-state index is 0.350. The molecule has 0 saturated carbocycles. The van der Waals surface area contributed by atoms with E-state index in [0.29, 0.717) is 13.0 Å². The summed E-state index contributed by atoms with van der Waals surface area (Å²) < 4.78 is 11.2. The minimum Gasteiger partial charge on any atom is -0.481 e. The third-order valence-corrected chi connectivity index (χ3v) is 3.85. The van der Waals surface area contributed by atoms with Gasteiger partial charge >= 0.3 is 7.60 Å². The van der Waals surface area contributed by atoms with Gasteiger partial charge in [-0.1, -0.05) is 0 Å². The van der Waals surface area contributed by atoms with Crippen LogP contribution in [-0.2, 0) is 14.2 Å². The number of nitrogens with two attached hydrogens (primary N) is 1. The Labute approximate surface area is 111 Å². The van der Waals surface area contributed by atoms with Gasteiger partial charge in [-0.15, -0.1) is 0 Å². The van der Waals surface area contributed by atoms with Crippen LogP contribution in [0.2, 0.25) is 0 Å². The van der Waals surface area contributed by atoms with Crippen molar-refractivity contribution < 1.29 is 29.0 Å². The molecule has 0 aromatic heterocycles. The molecule has 1 heterocycles. The van der Waals surface area contributed by atoms with E-state index >= 15 is 0 Å². The van der Waals surface area contributed by atoms with Crippen LogP contribution >= 0.6 is 7.60 Å². The van der Waals surface area contributed by atoms with Crippen LogP contribution < -0.4 is 5.73 Å². The molecule has 1 saturated heterocycles. The lowest BCUT2D eigenvalue weighted by Gasteiger charge is -2.36. The monoisotopic (exact) mass is 296 g/mol. The van der Waals surface area contributed by atoms with Gasteiger partial charge < -0.3 is 25.5 Å². The number of likely N-dealkylation sites (tertiary alicyclic amines) is 1. The Kier molecular flexibility index (Phi) is 7.21. The number of carbonyl (C=O) groups is 2. The first-order valence-electron chi connectivity index (χ1n) is 5.88. The largest absolute Gasteiger partial charge is 0.481 e. The Bertz CT molecular complexity index is 363. The van der Waals surface area contributed by atoms with Crippen LogP contribution in [0.3, 0.4) is 0 Å². The fourth-order valence-corrected chi connectivity index (χ4v) is 2.89. The van der Waals surface area contributed by atoms with Gasteiger partial charge in [0, 0.05) is 13.5 Å². The average molecular weight is 296 g/mol. The van der Waals surface area contributed by atoms with E-state index in [2.05, 4.69) is 0 Å². The molecular weight excluding hydrogens is 275 g/mol. The molecule has 2 atom stereocenters. The smallest absolute Gasteiger partial charge is 0.347 e. The number of aliphatic carboxylic acids is 1. The molecule has 0 radical (unpaired) electrons. The van der Waals surface area contributed by atoms with Crippen LogP contribution in [0.25, 0.3) is 0 Å². The first-order valence-corrected chi connectivity index (χ1v) is 7.56. The van der Waals surface area contributed by atoms with Gasteiger partial charge in [-0.3, -0.25) is 14.2 Å². The summed E-state index contributed by atoms with van der Waals surface area (Å²) in [7, 11) is -4.24. The summed E-state index contributed by atoms with van der Waals surface area (Å²) >= 11 is 0. The number of hydrogen-bond donors (Lipinski definition) is 4. The van der Waals surface area contributed by atoms with Crippen molar-refractivity contribution in [3.05, 3.63) is 0 Å². The minimum atomic E-state index is -4.24. The van der Waals surface area contributed by atoms with Crippen LogP contribution in [0.15, 0.2) is 0 Å². The SMILES string of the molecule is CC(=O)O.C[C@H](N)C(=O)N1CCCCC1P(=O)(O)O. The third kappa shape index (κ3) is 6.68. The second kappa shape index (κ2) is 7.59. The summed E-state index contributed by atoms with van der Waals surface area (Å²) in [6.07, 6.45) is 1.86. The van der Waals surface area contributed by atoms with Crippen molar-refractivity contribution in [1.82, 2.24) is 4.90 Å². The lowest BCUT2D eigenvalue weighted by atomic mass is 10.1. The highest BCUT2D eigenvalue weighted by Crippen LogP contribution is 2.47. The van der Waals surface area contributed by atoms with Crippen molar-refractivity contribution in [2.45, 2.75) is 44.9 Å². The first-order chi connectivity index (χ1) is 8.57. The molecule has 1 aliphatic rings. The average Bonchev–Trinajstić information content (AvgIpc) is 2.26. The van der Waals surface area contributed by atoms with Crippen molar-refractivity contribution in [1.29, 1.82) is 0 Å². The molecule has 8 nitrogen and oxygen atoms in total. The van der Waals surface area contributed by atoms with Gasteiger partial charge in [0.25, 0.3) is 5.97 Å². The van der Waals surface area contributed by atoms with E-state index in [-0.39, 0.29) is 5.91 Å². The van der Waals surface area contributed by atoms with Crippen LogP contribution in [0.5, 0.6) is 0 Å². The van der Waals surface area contributed by atoms with Gasteiger partial charge in [0.05, 0.1) is 6.04 Å². The van der Waals surface area contributed by atoms with Crippen LogP contribution in [0, 0.1) is 0 Å². The molecule has 5 N–H and O–H groups in total. The van der Waals surface area contributed by atoms with Crippen molar-refractivity contribution in [3.8, 4) is 0 Å². The molecule has 1 amide bonds. The van der Waals surface area contributed by atoms with Crippen LogP contribution in [0.4, 0.5) is 0 Å². The van der Waals surface area contributed by atoms with Crippen molar-refractivity contribution in [2.24, 2.45) is 5.73 Å². The highest BCUT2D eigenvalue weighted by molar-refractivity contribution is 7.52. The zero-order valence-electron chi connectivity index (χ0n) is 11.0. The molecule has 1 rings (SSSR count). The Morgan fingerprint density at radius 1 is 1.37 bits per heavy atom. The number of carbonyl (C=O) groups excluding carboxylic acids is 1. The maximum absolute atomic E-state index is 11.6. The number of nitrogens with zero attached hydrogens (tertiary/aromatic N) is 1. The lowest BCUT2D eigenvalue weighted by Crippen LogP contribution is -2.49. The molecule has 0 spiro atoms. The predicted octanol–water partition coefficient (Wildman–Crippen LogP) is -0.0592. The maximum atomic E-state index is 11.6. The van der Waals surface area contributed by atoms with E-state index in [1.54, 1.807) is 0 Å². The quantitative estimate of drug-likeness (QED) is 0.523. The summed E-state index contributed by atoms with van der Waals surface area (Å²) in [5.41, 5.74) is 5.43. The standard InChI is InChI=1S/C8H17N2O4P.C2H4O2/c1-6(9)8(11)10-5-3-2-4-7(10)15(12,13)14;1-2(3)4/h6-7H,2-5,9H2,1H3,(H2,12,13,14);1H3,(H,3,4)/t6-,7?;/m0./s1. The van der Waals surface area contributed by atoms with E-state index in [9.17, 15) is 9.36 Å². The Morgan fingerprint density at radius 2 is 1.84 bits per heavy atom. The molecule has 0 aliphatic carbocycles. The van der Waals surface area contributed by atoms with Gasteiger partial charge in [0.15, 0.2) is 0 Å². The Morgan fingerprint density at radius 3 is 2.21 bits per heavy atom. The molecule has 1 fully saturated rings. The summed E-state index contributed by atoms with van der Waals surface area (Å²) in [4.78, 5) is 40.1. The fourth-order valence-electron chi connectivity index (χ4n) is 1.78. The van der Waals surface area contributed by atoms with Crippen molar-refractivity contribution in [3.63, 3.8) is 0 Å². The topological polar surface area (TPSA) is 141 Å². The zero-order chi connectivity index (χ0) is 15.2. The summed E-state index contributed by atoms with van der Waals surface area (Å²) in [6.45, 7) is 2.99. The number of hydrogen-bond acceptors (Lipinski definition) is 4. The van der Waals surface area contributed by atoms with E-state index in [4.69, 9.17) is 25.4 Å². The molecule has 19 heavy (non-hydrogen) atoms. The van der Waals surface area contributed by atoms with E-state index in [1.165, 1.54) is 11.8 Å². The lowest BCUT2D eigenvalue weighted by molar-refractivity contribution is -0.135. The van der Waals surface area contributed by atoms with Crippen molar-refractivity contribution >= 4 is 19.5 Å². The maximum Gasteiger partial charge on any atom is 0.347 e. The van der Waals surface area contributed by atoms with Gasteiger partial charge in [-0.25, -0.2) is 0 Å². The molecule has 1 aliphatic heterocycles. The van der Waals surface area contributed by atoms with Crippen molar-refractivity contribution in [2.75, 3.05) is 6.54 Å². The molecule has 1 unspecified atom stereocenters. The second-order valence-corrected chi connectivity index (χ2v) is 6.18. The summed E-state index contributed by atoms with van der Waals surface area (Å²) in [5.74, 6) is -2.20. The van der Waals surface area contributed by atoms with Crippen LogP contribution in [-0.4, -0.2) is 50.0 Å². The number of rotatable bonds is 2. The molecule has 0 bridgehead atoms. The van der Waals surface area contributed by atoms with E-state index in [0.717, 1.165) is 19.8 Å². The van der Waals surface area contributed by atoms with Gasteiger partial charge in [-0.05, 0) is 26.2 Å². The fraction of sp³-hybridized carbons (Fsp3) is 0.800. The number of carboxylic acid groups (broad SMARTS) is 1. The zero-order valence-corrected chi connectivity index (χ0v) is 11.9. The van der Waals surface area contributed by atoms with Gasteiger partial charge in [-0.2, -0.15) is 0 Å². The molecular formula is C10H21N2O6P. The Balaban J connectivity index is 0.000000711. The highest BCUT2D eigenvalue weighted by atomic mass is 31.2. The number of amides is 1. The molecule has 9 heteroatoms. The van der Waals surface area contributed by atoms with E-state index in [1.807, 2.05) is 0 Å². The molecule has 112 valence electrons. The van der Waals surface area contributed by atoms with Gasteiger partial charge in [0.2, 0.25) is 5.91 Å². The Hall–Kier alpha value is -0.950. The molecule has 0 aromatic rings. The number of piperidine rings is 1. The summed E-state index contributed by atoms with van der Waals surface area (Å²) in [6, 6.07) is -0.711. The third-order valence-electron chi connectivity index (χ3n) is 2.53. The van der Waals surface area contributed by atoms with Crippen LogP contribution in [0.1, 0.15) is 33.1 Å². The summed E-state index contributed by atoms with van der Waals surface area (Å²) in [5, 5.41) is 7.42. The number of carboxylic acids is 1. The van der Waals surface area contributed by atoms with E-state index < -0.39 is 25.4 Å². The molecule has 0 aromatic carbocycles. The highest BCUT2D eigenvalue weighted by Gasteiger charge is 2.39. The first kappa shape index (κ1) is 18.0. The van der Waals surface area contributed by atoms with Gasteiger partial charge in [0.1, 0.15) is 5.78 Å². The second-order valence-electron chi connectivity index (χ2n) is 4.40. The normalized spacial score (nSPS) is 21.1.